The van der Waals surface area contributed by atoms with Gasteiger partial charge in [-0.05, 0) is 32.3 Å². The summed E-state index contributed by atoms with van der Waals surface area (Å²) in [6.45, 7) is 4.12. The first-order valence-electron chi connectivity index (χ1n) is 4.34. The molecule has 1 aromatic rings. The number of hydrogen-bond donors (Lipinski definition) is 1. The highest BCUT2D eigenvalue weighted by Crippen LogP contribution is 2.08. The van der Waals surface area contributed by atoms with Gasteiger partial charge in [0.25, 0.3) is 0 Å². The summed E-state index contributed by atoms with van der Waals surface area (Å²) >= 11 is 0. The number of aryl methyl sites for hydroxylation is 2. The van der Waals surface area contributed by atoms with Crippen molar-refractivity contribution in [1.29, 1.82) is 0 Å². The van der Waals surface area contributed by atoms with Gasteiger partial charge in [0.05, 0.1) is 6.20 Å². The van der Waals surface area contributed by atoms with Crippen molar-refractivity contribution in [2.75, 3.05) is 0 Å². The third-order valence-corrected chi connectivity index (χ3v) is 2.21. The molecule has 1 atom stereocenters. The Labute approximate surface area is 73.6 Å². The van der Waals surface area contributed by atoms with Crippen LogP contribution >= 0.6 is 0 Å². The van der Waals surface area contributed by atoms with Crippen molar-refractivity contribution in [1.82, 2.24) is 9.78 Å². The summed E-state index contributed by atoms with van der Waals surface area (Å²) in [7, 11) is 1.96. The van der Waals surface area contributed by atoms with Crippen molar-refractivity contribution >= 4 is 0 Å². The lowest BCUT2D eigenvalue weighted by atomic mass is 10.1. The molecule has 0 amide bonds. The molecule has 0 spiro atoms. The fourth-order valence-electron chi connectivity index (χ4n) is 1.17. The molecule has 0 aliphatic heterocycles. The van der Waals surface area contributed by atoms with Gasteiger partial charge in [0, 0.05) is 18.8 Å². The summed E-state index contributed by atoms with van der Waals surface area (Å²) in [6.07, 6.45) is 4.00. The van der Waals surface area contributed by atoms with Crippen molar-refractivity contribution in [3.63, 3.8) is 0 Å². The third kappa shape index (κ3) is 2.08. The van der Waals surface area contributed by atoms with Gasteiger partial charge < -0.3 is 5.73 Å². The molecule has 12 heavy (non-hydrogen) atoms. The van der Waals surface area contributed by atoms with Crippen LogP contribution in [0, 0.1) is 6.92 Å². The maximum atomic E-state index is 5.67. The zero-order valence-corrected chi connectivity index (χ0v) is 8.04. The summed E-state index contributed by atoms with van der Waals surface area (Å²) in [5.74, 6) is 0. The Morgan fingerprint density at radius 1 is 1.67 bits per heavy atom. The molecule has 0 aliphatic rings. The molecule has 0 fully saturated rings. The third-order valence-electron chi connectivity index (χ3n) is 2.21. The van der Waals surface area contributed by atoms with E-state index in [1.165, 1.54) is 11.3 Å². The van der Waals surface area contributed by atoms with Gasteiger partial charge >= 0.3 is 0 Å². The minimum absolute atomic E-state index is 0.282. The Kier molecular flexibility index (Phi) is 2.87. The molecule has 0 saturated carbocycles. The Hall–Kier alpha value is -0.830. The Bertz CT molecular complexity index is 250. The van der Waals surface area contributed by atoms with Crippen molar-refractivity contribution in [2.45, 2.75) is 32.7 Å². The molecule has 0 unspecified atom stereocenters. The van der Waals surface area contributed by atoms with Gasteiger partial charge in [-0.2, -0.15) is 5.10 Å². The quantitative estimate of drug-likeness (QED) is 0.730. The summed E-state index contributed by atoms with van der Waals surface area (Å²) in [5.41, 5.74) is 8.23. The van der Waals surface area contributed by atoms with Crippen LogP contribution < -0.4 is 5.73 Å². The lowest BCUT2D eigenvalue weighted by Crippen LogP contribution is -2.15. The highest BCUT2D eigenvalue weighted by Gasteiger charge is 2.03. The number of hydrogen-bond acceptors (Lipinski definition) is 2. The van der Waals surface area contributed by atoms with E-state index in [0.29, 0.717) is 0 Å². The second-order valence-corrected chi connectivity index (χ2v) is 3.39. The smallest absolute Gasteiger partial charge is 0.0524 e. The maximum absolute atomic E-state index is 5.67. The molecule has 0 bridgehead atoms. The highest BCUT2D eigenvalue weighted by atomic mass is 15.3. The monoisotopic (exact) mass is 167 g/mol. The van der Waals surface area contributed by atoms with Gasteiger partial charge in [-0.25, -0.2) is 0 Å². The molecule has 0 aromatic carbocycles. The van der Waals surface area contributed by atoms with Crippen LogP contribution in [0.1, 0.15) is 24.6 Å². The van der Waals surface area contributed by atoms with Crippen LogP contribution in [-0.4, -0.2) is 15.8 Å². The second-order valence-electron chi connectivity index (χ2n) is 3.39. The summed E-state index contributed by atoms with van der Waals surface area (Å²) in [4.78, 5) is 0. The first kappa shape index (κ1) is 9.26. The Morgan fingerprint density at radius 2 is 2.33 bits per heavy atom. The second kappa shape index (κ2) is 3.72. The SMILES string of the molecule is Cc1c(CC[C@H](C)N)cnn1C. The Balaban J connectivity index is 2.58. The molecule has 1 aromatic heterocycles. The van der Waals surface area contributed by atoms with E-state index in [4.69, 9.17) is 5.73 Å². The van der Waals surface area contributed by atoms with Crippen LogP contribution in [0.3, 0.4) is 0 Å². The van der Waals surface area contributed by atoms with E-state index in [1.54, 1.807) is 0 Å². The topological polar surface area (TPSA) is 43.8 Å². The molecule has 1 heterocycles. The standard InChI is InChI=1S/C9H17N3/c1-7(10)4-5-9-6-11-12(3)8(9)2/h6-7H,4-5,10H2,1-3H3/t7-/m0/s1. The van der Waals surface area contributed by atoms with Crippen molar-refractivity contribution in [3.8, 4) is 0 Å². The Morgan fingerprint density at radius 3 is 2.75 bits per heavy atom. The normalized spacial score (nSPS) is 13.3. The van der Waals surface area contributed by atoms with Crippen LogP contribution in [0.15, 0.2) is 6.20 Å². The predicted octanol–water partition coefficient (Wildman–Crippen LogP) is 1.01. The number of nitrogens with two attached hydrogens (primary N) is 1. The van der Waals surface area contributed by atoms with Crippen LogP contribution in [0.5, 0.6) is 0 Å². The van der Waals surface area contributed by atoms with Crippen molar-refractivity contribution < 1.29 is 0 Å². The van der Waals surface area contributed by atoms with Gasteiger partial charge in [-0.15, -0.1) is 0 Å². The zero-order chi connectivity index (χ0) is 9.14. The molecular weight excluding hydrogens is 150 g/mol. The largest absolute Gasteiger partial charge is 0.328 e. The summed E-state index contributed by atoms with van der Waals surface area (Å²) in [6, 6.07) is 0.282. The van der Waals surface area contributed by atoms with E-state index in [0.717, 1.165) is 12.8 Å². The maximum Gasteiger partial charge on any atom is 0.0524 e. The lowest BCUT2D eigenvalue weighted by Gasteiger charge is -2.03. The minimum atomic E-state index is 0.282. The molecule has 0 saturated heterocycles. The van der Waals surface area contributed by atoms with E-state index < -0.39 is 0 Å². The number of nitrogens with zero attached hydrogens (tertiary/aromatic N) is 2. The molecule has 2 N–H and O–H groups in total. The van der Waals surface area contributed by atoms with E-state index in [2.05, 4.69) is 12.0 Å². The molecule has 68 valence electrons. The number of aromatic nitrogens is 2. The van der Waals surface area contributed by atoms with Crippen LogP contribution in [-0.2, 0) is 13.5 Å². The first-order valence-corrected chi connectivity index (χ1v) is 4.34. The van der Waals surface area contributed by atoms with Gasteiger partial charge in [-0.3, -0.25) is 4.68 Å². The van der Waals surface area contributed by atoms with Crippen LogP contribution in [0.4, 0.5) is 0 Å². The molecule has 0 radical (unpaired) electrons. The van der Waals surface area contributed by atoms with Crippen LogP contribution in [0.2, 0.25) is 0 Å². The fourth-order valence-corrected chi connectivity index (χ4v) is 1.17. The average Bonchev–Trinajstić information content (AvgIpc) is 2.30. The minimum Gasteiger partial charge on any atom is -0.328 e. The van der Waals surface area contributed by atoms with Gasteiger partial charge in [0.1, 0.15) is 0 Å². The summed E-state index contributed by atoms with van der Waals surface area (Å²) < 4.78 is 1.90. The van der Waals surface area contributed by atoms with Gasteiger partial charge in [0.15, 0.2) is 0 Å². The number of rotatable bonds is 3. The van der Waals surface area contributed by atoms with Gasteiger partial charge in [0.2, 0.25) is 0 Å². The summed E-state index contributed by atoms with van der Waals surface area (Å²) in [5, 5.41) is 4.17. The fraction of sp³-hybridized carbons (Fsp3) is 0.667. The molecule has 1 rings (SSSR count). The first-order chi connectivity index (χ1) is 5.61. The average molecular weight is 167 g/mol. The van der Waals surface area contributed by atoms with E-state index in [1.807, 2.05) is 24.9 Å². The van der Waals surface area contributed by atoms with Gasteiger partial charge in [-0.1, -0.05) is 0 Å². The zero-order valence-electron chi connectivity index (χ0n) is 8.04. The highest BCUT2D eigenvalue weighted by molar-refractivity contribution is 5.15. The van der Waals surface area contributed by atoms with Crippen molar-refractivity contribution in [3.05, 3.63) is 17.5 Å². The molecule has 3 heteroatoms. The molecule has 0 aliphatic carbocycles. The van der Waals surface area contributed by atoms with Crippen LogP contribution in [0.25, 0.3) is 0 Å². The van der Waals surface area contributed by atoms with E-state index >= 15 is 0 Å². The predicted molar refractivity (Wildman–Crippen MR) is 49.9 cm³/mol. The van der Waals surface area contributed by atoms with Crippen molar-refractivity contribution in [2.24, 2.45) is 12.8 Å². The molecule has 3 nitrogen and oxygen atoms in total. The molecular formula is C9H17N3. The van der Waals surface area contributed by atoms with E-state index in [-0.39, 0.29) is 6.04 Å². The van der Waals surface area contributed by atoms with E-state index in [9.17, 15) is 0 Å². The lowest BCUT2D eigenvalue weighted by molar-refractivity contribution is 0.662.